The zero-order valence-corrected chi connectivity index (χ0v) is 12.4. The second-order valence-corrected chi connectivity index (χ2v) is 4.69. The molecule has 0 atom stereocenters. The molecule has 0 aliphatic carbocycles. The first-order chi connectivity index (χ1) is 8.66. The number of methoxy groups -OCH3 is 1. The maximum absolute atomic E-state index is 11.8. The number of hydrogen-bond acceptors (Lipinski definition) is 3. The summed E-state index contributed by atoms with van der Waals surface area (Å²) in [5, 5.41) is 3.15. The van der Waals surface area contributed by atoms with Crippen molar-refractivity contribution in [3.63, 3.8) is 0 Å². The van der Waals surface area contributed by atoms with E-state index in [4.69, 9.17) is 21.1 Å². The molecule has 1 rings (SSSR count). The fourth-order valence-corrected chi connectivity index (χ4v) is 1.83. The third-order valence-corrected chi connectivity index (χ3v) is 3.46. The molecule has 0 radical (unpaired) electrons. The van der Waals surface area contributed by atoms with Gasteiger partial charge in [-0.05, 0) is 28.1 Å². The van der Waals surface area contributed by atoms with E-state index in [1.165, 1.54) is 0 Å². The summed E-state index contributed by atoms with van der Waals surface area (Å²) >= 11 is 9.29. The van der Waals surface area contributed by atoms with E-state index in [0.29, 0.717) is 41.4 Å². The van der Waals surface area contributed by atoms with E-state index in [0.717, 1.165) is 0 Å². The average molecular weight is 337 g/mol. The Morgan fingerprint density at radius 3 is 2.89 bits per heavy atom. The second-order valence-electron chi connectivity index (χ2n) is 3.46. The molecule has 1 aromatic carbocycles. The number of hydrogen-bond donors (Lipinski definition) is 1. The Bertz CT molecular complexity index is 401. The smallest absolute Gasteiger partial charge is 0.252 e. The zero-order chi connectivity index (χ0) is 13.4. The van der Waals surface area contributed by atoms with E-state index < -0.39 is 0 Å². The summed E-state index contributed by atoms with van der Waals surface area (Å²) in [5.74, 6) is -0.211. The first-order valence-electron chi connectivity index (χ1n) is 5.45. The summed E-state index contributed by atoms with van der Waals surface area (Å²) in [5.41, 5.74) is 0.447. The van der Waals surface area contributed by atoms with Gasteiger partial charge in [0.15, 0.2) is 0 Å². The number of ether oxygens (including phenoxy) is 2. The summed E-state index contributed by atoms with van der Waals surface area (Å²) in [6, 6.07) is 5.22. The van der Waals surface area contributed by atoms with Crippen LogP contribution in [0.3, 0.4) is 0 Å². The first-order valence-corrected chi connectivity index (χ1v) is 6.62. The molecular formula is C12H15BrClNO3. The Morgan fingerprint density at radius 1 is 1.39 bits per heavy atom. The van der Waals surface area contributed by atoms with E-state index in [-0.39, 0.29) is 5.91 Å². The van der Waals surface area contributed by atoms with Gasteiger partial charge in [-0.1, -0.05) is 17.7 Å². The molecule has 4 nitrogen and oxygen atoms in total. The van der Waals surface area contributed by atoms with Crippen molar-refractivity contribution in [2.24, 2.45) is 0 Å². The first kappa shape index (κ1) is 15.4. The third-order valence-electron chi connectivity index (χ3n) is 2.16. The molecule has 0 unspecified atom stereocenters. The van der Waals surface area contributed by atoms with Gasteiger partial charge in [0.2, 0.25) is 0 Å². The minimum atomic E-state index is -0.211. The molecule has 1 amide bonds. The van der Waals surface area contributed by atoms with Crippen molar-refractivity contribution in [1.82, 2.24) is 5.32 Å². The van der Waals surface area contributed by atoms with Crippen LogP contribution in [0.1, 0.15) is 10.4 Å². The molecule has 100 valence electrons. The molecule has 18 heavy (non-hydrogen) atoms. The van der Waals surface area contributed by atoms with Crippen molar-refractivity contribution in [2.45, 2.75) is 0 Å². The summed E-state index contributed by atoms with van der Waals surface area (Å²) in [4.78, 5) is 11.8. The Morgan fingerprint density at radius 2 is 2.17 bits per heavy atom. The van der Waals surface area contributed by atoms with Crippen molar-refractivity contribution >= 4 is 33.4 Å². The van der Waals surface area contributed by atoms with E-state index in [2.05, 4.69) is 21.2 Å². The number of carbonyl (C=O) groups excluding carboxylic acids is 1. The van der Waals surface area contributed by atoms with Gasteiger partial charge in [0.05, 0.1) is 30.4 Å². The van der Waals surface area contributed by atoms with Gasteiger partial charge in [0.25, 0.3) is 5.91 Å². The Hall–Kier alpha value is -0.620. The van der Waals surface area contributed by atoms with Crippen LogP contribution >= 0.6 is 27.5 Å². The van der Waals surface area contributed by atoms with Gasteiger partial charge in [0, 0.05) is 18.1 Å². The third kappa shape index (κ3) is 4.94. The summed E-state index contributed by atoms with van der Waals surface area (Å²) in [6.07, 6.45) is 0. The highest BCUT2D eigenvalue weighted by atomic mass is 79.9. The predicted molar refractivity (Wildman–Crippen MR) is 74.2 cm³/mol. The van der Waals surface area contributed by atoms with Crippen molar-refractivity contribution in [3.05, 3.63) is 33.3 Å². The van der Waals surface area contributed by atoms with Crippen molar-refractivity contribution < 1.29 is 14.3 Å². The molecule has 1 N–H and O–H groups in total. The molecule has 0 spiro atoms. The van der Waals surface area contributed by atoms with Crippen LogP contribution in [-0.2, 0) is 9.47 Å². The van der Waals surface area contributed by atoms with Crippen LogP contribution in [-0.4, -0.2) is 39.4 Å². The lowest BCUT2D eigenvalue weighted by Gasteiger charge is -2.08. The van der Waals surface area contributed by atoms with Crippen LogP contribution in [0.4, 0.5) is 0 Å². The summed E-state index contributed by atoms with van der Waals surface area (Å²) < 4.78 is 10.8. The predicted octanol–water partition coefficient (Wildman–Crippen LogP) is 2.50. The van der Waals surface area contributed by atoms with Gasteiger partial charge in [0.1, 0.15) is 0 Å². The Labute approximate surface area is 120 Å². The van der Waals surface area contributed by atoms with Crippen LogP contribution in [0.25, 0.3) is 0 Å². The molecule has 0 fully saturated rings. The molecule has 1 aromatic rings. The molecule has 0 aliphatic heterocycles. The van der Waals surface area contributed by atoms with Gasteiger partial charge in [-0.25, -0.2) is 0 Å². The maximum atomic E-state index is 11.8. The van der Waals surface area contributed by atoms with E-state index in [9.17, 15) is 4.79 Å². The molecular weight excluding hydrogens is 321 g/mol. The SMILES string of the molecule is COCCOCCNC(=O)c1cccc(Br)c1Cl. The molecule has 0 saturated heterocycles. The van der Waals surface area contributed by atoms with Crippen molar-refractivity contribution in [3.8, 4) is 0 Å². The van der Waals surface area contributed by atoms with Crippen molar-refractivity contribution in [1.29, 1.82) is 0 Å². The highest BCUT2D eigenvalue weighted by Crippen LogP contribution is 2.25. The van der Waals surface area contributed by atoms with Gasteiger partial charge in [-0.2, -0.15) is 0 Å². The van der Waals surface area contributed by atoms with Crippen LogP contribution in [0.15, 0.2) is 22.7 Å². The normalized spacial score (nSPS) is 10.4. The van der Waals surface area contributed by atoms with Gasteiger partial charge < -0.3 is 14.8 Å². The highest BCUT2D eigenvalue weighted by molar-refractivity contribution is 9.10. The number of carbonyl (C=O) groups is 1. The van der Waals surface area contributed by atoms with Crippen LogP contribution in [0.2, 0.25) is 5.02 Å². The second kappa shape index (κ2) is 8.48. The molecule has 0 heterocycles. The number of rotatable bonds is 7. The lowest BCUT2D eigenvalue weighted by molar-refractivity contribution is 0.0693. The number of amides is 1. The Balaban J connectivity index is 2.35. The van der Waals surface area contributed by atoms with E-state index in [1.807, 2.05) is 0 Å². The standard InChI is InChI=1S/C12H15BrClNO3/c1-17-7-8-18-6-5-15-12(16)9-3-2-4-10(13)11(9)14/h2-4H,5-8H2,1H3,(H,15,16). The van der Waals surface area contributed by atoms with Crippen molar-refractivity contribution in [2.75, 3.05) is 33.5 Å². The fraction of sp³-hybridized carbons (Fsp3) is 0.417. The number of halogens is 2. The van der Waals surface area contributed by atoms with Crippen LogP contribution in [0, 0.1) is 0 Å². The van der Waals surface area contributed by atoms with Gasteiger partial charge >= 0.3 is 0 Å². The average Bonchev–Trinajstić information content (AvgIpc) is 2.36. The topological polar surface area (TPSA) is 47.6 Å². The molecule has 6 heteroatoms. The van der Waals surface area contributed by atoms with Crippen LogP contribution in [0.5, 0.6) is 0 Å². The monoisotopic (exact) mass is 335 g/mol. The lowest BCUT2D eigenvalue weighted by Crippen LogP contribution is -2.27. The quantitative estimate of drug-likeness (QED) is 0.778. The van der Waals surface area contributed by atoms with Gasteiger partial charge in [-0.3, -0.25) is 4.79 Å². The lowest BCUT2D eigenvalue weighted by atomic mass is 10.2. The summed E-state index contributed by atoms with van der Waals surface area (Å²) in [7, 11) is 1.61. The number of nitrogens with one attached hydrogen (secondary N) is 1. The minimum Gasteiger partial charge on any atom is -0.382 e. The minimum absolute atomic E-state index is 0.211. The largest absolute Gasteiger partial charge is 0.382 e. The Kier molecular flexibility index (Phi) is 7.27. The fourth-order valence-electron chi connectivity index (χ4n) is 1.26. The van der Waals surface area contributed by atoms with E-state index >= 15 is 0 Å². The molecule has 0 saturated carbocycles. The molecule has 0 aliphatic rings. The van der Waals surface area contributed by atoms with Crippen LogP contribution < -0.4 is 5.32 Å². The summed E-state index contributed by atoms with van der Waals surface area (Å²) in [6.45, 7) is 1.95. The zero-order valence-electron chi connectivity index (χ0n) is 10.0. The van der Waals surface area contributed by atoms with E-state index in [1.54, 1.807) is 25.3 Å². The van der Waals surface area contributed by atoms with Gasteiger partial charge in [-0.15, -0.1) is 0 Å². The molecule has 0 bridgehead atoms. The highest BCUT2D eigenvalue weighted by Gasteiger charge is 2.11. The number of benzene rings is 1. The maximum Gasteiger partial charge on any atom is 0.252 e. The molecule has 0 aromatic heterocycles.